The van der Waals surface area contributed by atoms with Crippen molar-refractivity contribution in [2.45, 2.75) is 24.4 Å². The molecular weight excluding hydrogens is 444 g/mol. The average Bonchev–Trinajstić information content (AvgIpc) is 3.43. The molecule has 3 amide bonds. The number of halogens is 3. The van der Waals surface area contributed by atoms with Crippen molar-refractivity contribution in [3.05, 3.63) is 57.8 Å². The first kappa shape index (κ1) is 19.2. The minimum Gasteiger partial charge on any atom is -0.324 e. The normalized spacial score (nSPS) is 31.4. The largest absolute Gasteiger partial charge is 0.324 e. The molecule has 3 fully saturated rings. The molecule has 6 rings (SSSR count). The lowest BCUT2D eigenvalue weighted by Crippen LogP contribution is -2.54. The number of carbonyl (C=O) groups is 3. The van der Waals surface area contributed by atoms with Crippen LogP contribution in [0.3, 0.4) is 0 Å². The molecule has 158 valence electrons. The molecule has 6 nitrogen and oxygen atoms in total. The van der Waals surface area contributed by atoms with Gasteiger partial charge in [0, 0.05) is 22.3 Å². The molecule has 4 aliphatic heterocycles. The first-order valence-electron chi connectivity index (χ1n) is 10.1. The van der Waals surface area contributed by atoms with Gasteiger partial charge in [-0.15, -0.1) is 0 Å². The second-order valence-corrected chi connectivity index (χ2v) is 9.27. The zero-order valence-electron chi connectivity index (χ0n) is 16.1. The van der Waals surface area contributed by atoms with Gasteiger partial charge in [0.2, 0.25) is 17.7 Å². The maximum Gasteiger partial charge on any atom is 0.250 e. The van der Waals surface area contributed by atoms with E-state index < -0.39 is 29.1 Å². The molecule has 2 aromatic rings. The number of nitrogens with zero attached hydrogens (tertiary/aromatic N) is 2. The second-order valence-electron chi connectivity index (χ2n) is 8.43. The fourth-order valence-corrected chi connectivity index (χ4v) is 6.40. The molecule has 0 aromatic heterocycles. The van der Waals surface area contributed by atoms with Crippen molar-refractivity contribution in [1.82, 2.24) is 4.90 Å². The van der Waals surface area contributed by atoms with Gasteiger partial charge < -0.3 is 5.32 Å². The number of amides is 3. The van der Waals surface area contributed by atoms with Crippen LogP contribution in [-0.4, -0.2) is 35.2 Å². The van der Waals surface area contributed by atoms with E-state index in [1.54, 1.807) is 18.2 Å². The van der Waals surface area contributed by atoms with Gasteiger partial charge in [-0.3, -0.25) is 19.3 Å². The number of benzene rings is 2. The Kier molecular flexibility index (Phi) is 3.89. The lowest BCUT2D eigenvalue weighted by Gasteiger charge is -2.36. The van der Waals surface area contributed by atoms with Gasteiger partial charge >= 0.3 is 0 Å². The molecule has 0 saturated carbocycles. The smallest absolute Gasteiger partial charge is 0.250 e. The first-order valence-corrected chi connectivity index (χ1v) is 10.8. The average molecular weight is 460 g/mol. The van der Waals surface area contributed by atoms with Crippen LogP contribution in [0.5, 0.6) is 0 Å². The quantitative estimate of drug-likeness (QED) is 0.661. The van der Waals surface area contributed by atoms with Crippen molar-refractivity contribution in [1.29, 1.82) is 0 Å². The molecule has 0 unspecified atom stereocenters. The fraction of sp³-hybridized carbons (Fsp3) is 0.318. The Morgan fingerprint density at radius 2 is 1.87 bits per heavy atom. The van der Waals surface area contributed by atoms with E-state index >= 15 is 0 Å². The third-order valence-corrected chi connectivity index (χ3v) is 7.64. The summed E-state index contributed by atoms with van der Waals surface area (Å²) in [5, 5.41) is 3.17. The molecular formula is C22H16Cl2FN3O3. The second kappa shape index (κ2) is 6.28. The first-order chi connectivity index (χ1) is 14.9. The van der Waals surface area contributed by atoms with Crippen molar-refractivity contribution in [2.75, 3.05) is 16.8 Å². The molecule has 4 heterocycles. The molecule has 4 aliphatic rings. The Labute approximate surface area is 186 Å². The summed E-state index contributed by atoms with van der Waals surface area (Å²) in [6, 6.07) is 8.63. The van der Waals surface area contributed by atoms with Crippen LogP contribution in [0.2, 0.25) is 10.0 Å². The van der Waals surface area contributed by atoms with Crippen molar-refractivity contribution in [2.24, 2.45) is 11.8 Å². The summed E-state index contributed by atoms with van der Waals surface area (Å²) < 4.78 is 13.7. The Balaban J connectivity index is 1.56. The molecule has 0 radical (unpaired) electrons. The van der Waals surface area contributed by atoms with Crippen molar-refractivity contribution in [3.8, 4) is 0 Å². The van der Waals surface area contributed by atoms with E-state index in [-0.39, 0.29) is 28.6 Å². The van der Waals surface area contributed by atoms with E-state index in [2.05, 4.69) is 5.32 Å². The number of nitrogens with one attached hydrogen (secondary N) is 1. The Morgan fingerprint density at radius 1 is 1.06 bits per heavy atom. The van der Waals surface area contributed by atoms with Gasteiger partial charge in [0.05, 0.1) is 22.5 Å². The molecule has 9 heteroatoms. The van der Waals surface area contributed by atoms with Gasteiger partial charge in [-0.25, -0.2) is 9.29 Å². The van der Waals surface area contributed by atoms with Crippen LogP contribution in [0.25, 0.3) is 0 Å². The topological polar surface area (TPSA) is 69.7 Å². The molecule has 1 spiro atoms. The van der Waals surface area contributed by atoms with Crippen molar-refractivity contribution in [3.63, 3.8) is 0 Å². The summed E-state index contributed by atoms with van der Waals surface area (Å²) in [7, 11) is 0. The van der Waals surface area contributed by atoms with Crippen LogP contribution in [0.4, 0.5) is 15.8 Å². The Bertz CT molecular complexity index is 1200. The highest BCUT2D eigenvalue weighted by atomic mass is 35.5. The van der Waals surface area contributed by atoms with Crippen LogP contribution in [0.15, 0.2) is 36.4 Å². The molecule has 1 N–H and O–H groups in total. The number of imide groups is 1. The highest BCUT2D eigenvalue weighted by Gasteiger charge is 2.74. The zero-order valence-corrected chi connectivity index (χ0v) is 17.6. The van der Waals surface area contributed by atoms with Gasteiger partial charge in [-0.05, 0) is 55.8 Å². The lowest BCUT2D eigenvalue weighted by atomic mass is 9.75. The van der Waals surface area contributed by atoms with Gasteiger partial charge in [0.1, 0.15) is 11.4 Å². The lowest BCUT2D eigenvalue weighted by molar-refractivity contribution is -0.135. The number of rotatable bonds is 1. The van der Waals surface area contributed by atoms with E-state index in [0.717, 1.165) is 17.4 Å². The minimum atomic E-state index is -1.29. The maximum absolute atomic E-state index is 13.8. The van der Waals surface area contributed by atoms with Crippen LogP contribution < -0.4 is 10.2 Å². The van der Waals surface area contributed by atoms with E-state index in [4.69, 9.17) is 23.2 Å². The SMILES string of the molecule is O=C1[C@@H]2[C@@H]3CCCN3[C@@]3(C(=O)Nc4ccc(Cl)cc43)[C@H]2C(=O)N1c1ccc(F)c(Cl)c1. The Morgan fingerprint density at radius 3 is 2.65 bits per heavy atom. The molecule has 0 aliphatic carbocycles. The summed E-state index contributed by atoms with van der Waals surface area (Å²) in [4.78, 5) is 43.9. The molecule has 2 aromatic carbocycles. The predicted molar refractivity (Wildman–Crippen MR) is 112 cm³/mol. The van der Waals surface area contributed by atoms with Crippen molar-refractivity contribution < 1.29 is 18.8 Å². The maximum atomic E-state index is 13.8. The number of carbonyl (C=O) groups excluding carboxylic acids is 3. The summed E-state index contributed by atoms with van der Waals surface area (Å²) in [5.41, 5.74) is 0.145. The van der Waals surface area contributed by atoms with E-state index in [0.29, 0.717) is 29.2 Å². The number of fused-ring (bicyclic) bond motifs is 7. The highest BCUT2D eigenvalue weighted by molar-refractivity contribution is 6.32. The standard InChI is InChI=1S/C22H16Cl2FN3O3/c23-10-3-6-15-12(8-10)22(21(31)26-15)18-17(16-2-1-7-27(16)22)19(29)28(20(18)30)11-4-5-14(25)13(24)9-11/h3-6,8-9,16-18H,1-2,7H2,(H,26,31)/t16-,17+,18+,22+/m0/s1. The van der Waals surface area contributed by atoms with Gasteiger partial charge in [0.15, 0.2) is 0 Å². The Hall–Kier alpha value is -2.48. The third-order valence-electron chi connectivity index (χ3n) is 7.12. The number of hydrogen-bond donors (Lipinski definition) is 1. The summed E-state index contributed by atoms with van der Waals surface area (Å²) in [5.74, 6) is -3.38. The van der Waals surface area contributed by atoms with E-state index in [1.165, 1.54) is 12.1 Å². The third kappa shape index (κ3) is 2.24. The van der Waals surface area contributed by atoms with Gasteiger partial charge in [-0.1, -0.05) is 23.2 Å². The van der Waals surface area contributed by atoms with Crippen LogP contribution in [0.1, 0.15) is 18.4 Å². The monoisotopic (exact) mass is 459 g/mol. The van der Waals surface area contributed by atoms with E-state index in [1.807, 2.05) is 4.90 Å². The molecule has 31 heavy (non-hydrogen) atoms. The van der Waals surface area contributed by atoms with Crippen LogP contribution in [0, 0.1) is 17.7 Å². The highest BCUT2D eigenvalue weighted by Crippen LogP contribution is 2.60. The molecule has 4 atom stereocenters. The predicted octanol–water partition coefficient (Wildman–Crippen LogP) is 3.56. The minimum absolute atomic E-state index is 0.178. The van der Waals surface area contributed by atoms with Gasteiger partial charge in [-0.2, -0.15) is 0 Å². The van der Waals surface area contributed by atoms with Crippen LogP contribution >= 0.6 is 23.2 Å². The van der Waals surface area contributed by atoms with Gasteiger partial charge in [0.25, 0.3) is 0 Å². The summed E-state index contributed by atoms with van der Waals surface area (Å²) in [6.45, 7) is 0.611. The number of hydrogen-bond acceptors (Lipinski definition) is 4. The van der Waals surface area contributed by atoms with E-state index in [9.17, 15) is 18.8 Å². The van der Waals surface area contributed by atoms with Crippen molar-refractivity contribution >= 4 is 52.3 Å². The molecule has 0 bridgehead atoms. The summed E-state index contributed by atoms with van der Waals surface area (Å²) >= 11 is 12.2. The van der Waals surface area contributed by atoms with Crippen LogP contribution in [-0.2, 0) is 19.9 Å². The summed E-state index contributed by atoms with van der Waals surface area (Å²) in [6.07, 6.45) is 1.53. The zero-order chi connectivity index (χ0) is 21.7. The molecule has 3 saturated heterocycles. The fourth-order valence-electron chi connectivity index (χ4n) is 6.05. The number of anilines is 2.